The molecule has 178 valence electrons. The first-order valence-electron chi connectivity index (χ1n) is 11.2. The molecule has 2 aromatic rings. The van der Waals surface area contributed by atoms with Gasteiger partial charge in [-0.2, -0.15) is 0 Å². The van der Waals surface area contributed by atoms with Crippen LogP contribution in [0.15, 0.2) is 48.5 Å². The number of carbonyl (C=O) groups excluding carboxylic acids is 4. The van der Waals surface area contributed by atoms with Crippen LogP contribution in [0, 0.1) is 11.8 Å². The van der Waals surface area contributed by atoms with Crippen molar-refractivity contribution in [2.45, 2.75) is 52.1 Å². The Bertz CT molecular complexity index is 1200. The molecule has 0 radical (unpaired) electrons. The number of carbonyl (C=O) groups is 4. The second kappa shape index (κ2) is 8.24. The zero-order valence-electron chi connectivity index (χ0n) is 19.8. The monoisotopic (exact) mass is 482 g/mol. The van der Waals surface area contributed by atoms with Crippen molar-refractivity contribution in [1.29, 1.82) is 0 Å². The molecule has 8 heteroatoms. The van der Waals surface area contributed by atoms with Crippen molar-refractivity contribution in [3.8, 4) is 0 Å². The first-order chi connectivity index (χ1) is 15.9. The Balaban J connectivity index is 1.85. The number of amides is 4. The summed E-state index contributed by atoms with van der Waals surface area (Å²) in [7, 11) is 0. The molecule has 1 unspecified atom stereocenters. The maximum Gasteiger partial charge on any atom is 0.421 e. The minimum Gasteiger partial charge on any atom is -0.443 e. The van der Waals surface area contributed by atoms with Gasteiger partial charge in [0.2, 0.25) is 17.7 Å². The first-order valence-corrected chi connectivity index (χ1v) is 11.6. The lowest BCUT2D eigenvalue weighted by atomic mass is 9.63. The summed E-state index contributed by atoms with van der Waals surface area (Å²) in [6, 6.07) is 13.4. The number of nitrogens with zero attached hydrogens (tertiary/aromatic N) is 2. The van der Waals surface area contributed by atoms with E-state index in [2.05, 4.69) is 0 Å². The van der Waals surface area contributed by atoms with E-state index in [1.54, 1.807) is 69.3 Å². The molecule has 2 aromatic carbocycles. The molecule has 2 heterocycles. The molecule has 1 saturated heterocycles. The largest absolute Gasteiger partial charge is 0.443 e. The zero-order chi connectivity index (χ0) is 25.0. The predicted octanol–water partition coefficient (Wildman–Crippen LogP) is 5.10. The summed E-state index contributed by atoms with van der Waals surface area (Å²) in [6.45, 7) is 8.80. The van der Waals surface area contributed by atoms with Crippen molar-refractivity contribution < 1.29 is 23.9 Å². The molecule has 0 N–H and O–H groups in total. The van der Waals surface area contributed by atoms with E-state index in [4.69, 9.17) is 16.3 Å². The predicted molar refractivity (Wildman–Crippen MR) is 129 cm³/mol. The van der Waals surface area contributed by atoms with E-state index in [0.29, 0.717) is 22.0 Å². The standard InChI is InChI=1S/C26H27ClN2O5/c1-15(2)26(19-14-21(30)28(22(19)31)17-10-8-9-16(27)13-17)18-11-6-7-12-20(18)29(23(26)32)24(33)34-25(3,4)5/h6-13,15,19H,14H2,1-5H3/t19-,26?/m1/s1. The highest BCUT2D eigenvalue weighted by Crippen LogP contribution is 2.54. The average Bonchev–Trinajstić information content (AvgIpc) is 3.17. The summed E-state index contributed by atoms with van der Waals surface area (Å²) in [5, 5.41) is 0.388. The quantitative estimate of drug-likeness (QED) is 0.568. The number of hydrogen-bond acceptors (Lipinski definition) is 5. The van der Waals surface area contributed by atoms with Crippen LogP contribution in [0.1, 0.15) is 46.6 Å². The third-order valence-electron chi connectivity index (χ3n) is 6.40. The highest BCUT2D eigenvalue weighted by atomic mass is 35.5. The van der Waals surface area contributed by atoms with Crippen LogP contribution < -0.4 is 9.80 Å². The van der Waals surface area contributed by atoms with Gasteiger partial charge in [0, 0.05) is 11.4 Å². The van der Waals surface area contributed by atoms with Gasteiger partial charge >= 0.3 is 6.09 Å². The Morgan fingerprint density at radius 2 is 1.76 bits per heavy atom. The summed E-state index contributed by atoms with van der Waals surface area (Å²) in [6.07, 6.45) is -0.970. The van der Waals surface area contributed by atoms with Gasteiger partial charge in [-0.15, -0.1) is 0 Å². The van der Waals surface area contributed by atoms with Crippen LogP contribution in [0.25, 0.3) is 0 Å². The van der Waals surface area contributed by atoms with Gasteiger partial charge in [-0.25, -0.2) is 9.69 Å². The fourth-order valence-corrected chi connectivity index (χ4v) is 5.27. The Kier molecular flexibility index (Phi) is 5.80. The summed E-state index contributed by atoms with van der Waals surface area (Å²) in [5.41, 5.74) is -0.964. The normalized spacial score (nSPS) is 22.6. The average molecular weight is 483 g/mol. The number of rotatable bonds is 3. The van der Waals surface area contributed by atoms with Crippen molar-refractivity contribution in [3.63, 3.8) is 0 Å². The van der Waals surface area contributed by atoms with Crippen molar-refractivity contribution in [3.05, 3.63) is 59.1 Å². The van der Waals surface area contributed by atoms with Gasteiger partial charge in [0.25, 0.3) is 0 Å². The number of benzene rings is 2. The molecule has 0 aliphatic carbocycles. The Morgan fingerprint density at radius 3 is 2.38 bits per heavy atom. The second-order valence-corrected chi connectivity index (χ2v) is 10.4. The van der Waals surface area contributed by atoms with Crippen molar-refractivity contribution in [2.75, 3.05) is 9.80 Å². The van der Waals surface area contributed by atoms with Crippen LogP contribution in [0.2, 0.25) is 5.02 Å². The Labute approximate surface area is 203 Å². The maximum atomic E-state index is 14.1. The molecule has 2 aliphatic rings. The molecule has 4 rings (SSSR count). The number of hydrogen-bond donors (Lipinski definition) is 0. The third kappa shape index (κ3) is 3.59. The lowest BCUT2D eigenvalue weighted by molar-refractivity contribution is -0.133. The van der Waals surface area contributed by atoms with Crippen LogP contribution in [0.5, 0.6) is 0 Å². The Hall–Kier alpha value is -3.19. The fraction of sp³-hybridized carbons (Fsp3) is 0.385. The second-order valence-electron chi connectivity index (χ2n) is 9.97. The Morgan fingerprint density at radius 1 is 1.09 bits per heavy atom. The number of halogens is 1. The number of anilines is 2. The van der Waals surface area contributed by atoms with Crippen molar-refractivity contribution >= 4 is 46.8 Å². The van der Waals surface area contributed by atoms with E-state index in [0.717, 1.165) is 9.80 Å². The highest BCUT2D eigenvalue weighted by molar-refractivity contribution is 6.31. The van der Waals surface area contributed by atoms with Gasteiger partial charge in [-0.1, -0.05) is 49.7 Å². The molecule has 1 fully saturated rings. The van der Waals surface area contributed by atoms with Crippen LogP contribution in [-0.4, -0.2) is 29.4 Å². The van der Waals surface area contributed by atoms with E-state index in [-0.39, 0.29) is 6.42 Å². The van der Waals surface area contributed by atoms with Gasteiger partial charge in [-0.05, 0) is 56.5 Å². The molecular weight excluding hydrogens is 456 g/mol. The van der Waals surface area contributed by atoms with Crippen LogP contribution in [-0.2, 0) is 24.5 Å². The van der Waals surface area contributed by atoms with Crippen molar-refractivity contribution in [2.24, 2.45) is 11.8 Å². The number of imide groups is 2. The molecule has 2 atom stereocenters. The van der Waals surface area contributed by atoms with Gasteiger partial charge in [0.15, 0.2) is 0 Å². The van der Waals surface area contributed by atoms with Gasteiger partial charge < -0.3 is 4.74 Å². The maximum absolute atomic E-state index is 14.1. The first kappa shape index (κ1) is 24.0. The number of ether oxygens (including phenoxy) is 1. The zero-order valence-corrected chi connectivity index (χ0v) is 20.6. The van der Waals surface area contributed by atoms with Crippen LogP contribution in [0.3, 0.4) is 0 Å². The van der Waals surface area contributed by atoms with Gasteiger partial charge in [0.05, 0.1) is 22.7 Å². The van der Waals surface area contributed by atoms with Gasteiger partial charge in [0.1, 0.15) is 5.60 Å². The van der Waals surface area contributed by atoms with Crippen LogP contribution >= 0.6 is 11.6 Å². The molecule has 7 nitrogen and oxygen atoms in total. The number of fused-ring (bicyclic) bond motifs is 1. The van der Waals surface area contributed by atoms with Gasteiger partial charge in [-0.3, -0.25) is 19.3 Å². The highest BCUT2D eigenvalue weighted by Gasteiger charge is 2.64. The van der Waals surface area contributed by atoms with Crippen LogP contribution in [0.4, 0.5) is 16.2 Å². The minimum absolute atomic E-state index is 0.161. The molecule has 0 saturated carbocycles. The topological polar surface area (TPSA) is 84.0 Å². The van der Waals surface area contributed by atoms with E-state index < -0.39 is 46.7 Å². The molecule has 0 aromatic heterocycles. The molecule has 34 heavy (non-hydrogen) atoms. The summed E-state index contributed by atoms with van der Waals surface area (Å²) in [5.74, 6) is -2.85. The van der Waals surface area contributed by atoms with E-state index in [1.165, 1.54) is 0 Å². The number of para-hydroxylation sites is 1. The molecule has 4 amide bonds. The molecular formula is C26H27ClN2O5. The lowest BCUT2D eigenvalue weighted by Crippen LogP contribution is -2.53. The fourth-order valence-electron chi connectivity index (χ4n) is 5.09. The summed E-state index contributed by atoms with van der Waals surface area (Å²) in [4.78, 5) is 56.2. The summed E-state index contributed by atoms with van der Waals surface area (Å²) < 4.78 is 5.53. The van der Waals surface area contributed by atoms with E-state index in [9.17, 15) is 19.2 Å². The minimum atomic E-state index is -1.41. The third-order valence-corrected chi connectivity index (χ3v) is 6.63. The van der Waals surface area contributed by atoms with E-state index in [1.807, 2.05) is 13.8 Å². The molecule has 2 aliphatic heterocycles. The summed E-state index contributed by atoms with van der Waals surface area (Å²) >= 11 is 6.10. The van der Waals surface area contributed by atoms with E-state index >= 15 is 0 Å². The lowest BCUT2D eigenvalue weighted by Gasteiger charge is -2.36. The smallest absolute Gasteiger partial charge is 0.421 e. The van der Waals surface area contributed by atoms with Crippen molar-refractivity contribution in [1.82, 2.24) is 0 Å². The SMILES string of the molecule is CC(C)C1([C@@H]2CC(=O)N(c3cccc(Cl)c3)C2=O)C(=O)N(C(=O)OC(C)(C)C)c2ccccc21. The molecule has 0 bridgehead atoms. The molecule has 0 spiro atoms.